The summed E-state index contributed by atoms with van der Waals surface area (Å²) in [5.74, 6) is 0.633. The number of aromatic nitrogens is 1. The Morgan fingerprint density at radius 2 is 2.30 bits per heavy atom. The number of hydrogen-bond donors (Lipinski definition) is 1. The molecule has 106 valence electrons. The van der Waals surface area contributed by atoms with E-state index in [1.54, 1.807) is 23.5 Å². The molecule has 0 unspecified atom stereocenters. The molecule has 1 amide bonds. The van der Waals surface area contributed by atoms with Gasteiger partial charge in [-0.1, -0.05) is 6.07 Å². The average molecular weight is 290 g/mol. The molecule has 0 fully saturated rings. The average Bonchev–Trinajstić information content (AvgIpc) is 2.85. The lowest BCUT2D eigenvalue weighted by Crippen LogP contribution is -2.25. The Morgan fingerprint density at radius 1 is 1.45 bits per heavy atom. The van der Waals surface area contributed by atoms with Gasteiger partial charge in [0.2, 0.25) is 0 Å². The maximum absolute atomic E-state index is 12.0. The Morgan fingerprint density at radius 3 is 3.00 bits per heavy atom. The molecule has 1 aromatic heterocycles. The van der Waals surface area contributed by atoms with Crippen LogP contribution in [0.25, 0.3) is 0 Å². The molecule has 1 N–H and O–H groups in total. The van der Waals surface area contributed by atoms with Gasteiger partial charge in [-0.15, -0.1) is 11.3 Å². The minimum Gasteiger partial charge on any atom is -0.494 e. The van der Waals surface area contributed by atoms with E-state index in [0.29, 0.717) is 18.7 Å². The number of rotatable bonds is 6. The van der Waals surface area contributed by atoms with Crippen LogP contribution in [-0.4, -0.2) is 24.0 Å². The second-order valence-corrected chi connectivity index (χ2v) is 5.39. The first-order valence-electron chi connectivity index (χ1n) is 6.61. The van der Waals surface area contributed by atoms with Crippen molar-refractivity contribution in [1.82, 2.24) is 10.3 Å². The van der Waals surface area contributed by atoms with E-state index in [1.165, 1.54) is 0 Å². The van der Waals surface area contributed by atoms with E-state index in [-0.39, 0.29) is 5.91 Å². The van der Waals surface area contributed by atoms with Crippen molar-refractivity contribution in [3.63, 3.8) is 0 Å². The monoisotopic (exact) mass is 290 g/mol. The van der Waals surface area contributed by atoms with Gasteiger partial charge in [0.25, 0.3) is 5.91 Å². The van der Waals surface area contributed by atoms with Gasteiger partial charge in [-0.25, -0.2) is 4.98 Å². The number of amides is 1. The van der Waals surface area contributed by atoms with Crippen LogP contribution in [0, 0.1) is 6.92 Å². The summed E-state index contributed by atoms with van der Waals surface area (Å²) in [7, 11) is 0. The summed E-state index contributed by atoms with van der Waals surface area (Å²) in [6.07, 6.45) is 0.751. The van der Waals surface area contributed by atoms with Crippen LogP contribution in [0.2, 0.25) is 0 Å². The molecule has 0 bridgehead atoms. The topological polar surface area (TPSA) is 51.2 Å². The molecule has 0 spiro atoms. The lowest BCUT2D eigenvalue weighted by molar-refractivity contribution is 0.0953. The van der Waals surface area contributed by atoms with Crippen molar-refractivity contribution in [1.29, 1.82) is 0 Å². The second kappa shape index (κ2) is 7.05. The minimum absolute atomic E-state index is 0.0847. The third-order valence-corrected chi connectivity index (χ3v) is 3.56. The van der Waals surface area contributed by atoms with Crippen molar-refractivity contribution in [2.75, 3.05) is 13.2 Å². The van der Waals surface area contributed by atoms with E-state index in [2.05, 4.69) is 10.3 Å². The molecule has 5 heteroatoms. The molecular weight excluding hydrogens is 272 g/mol. The zero-order valence-electron chi connectivity index (χ0n) is 11.7. The molecule has 0 radical (unpaired) electrons. The zero-order valence-corrected chi connectivity index (χ0v) is 12.5. The Hall–Kier alpha value is -1.88. The molecule has 0 aliphatic rings. The highest BCUT2D eigenvalue weighted by Crippen LogP contribution is 2.13. The van der Waals surface area contributed by atoms with Crippen LogP contribution in [-0.2, 0) is 6.42 Å². The first-order chi connectivity index (χ1) is 9.69. The fraction of sp³-hybridized carbons (Fsp3) is 0.333. The van der Waals surface area contributed by atoms with Crippen LogP contribution >= 0.6 is 11.3 Å². The third-order valence-electron chi connectivity index (χ3n) is 2.74. The summed E-state index contributed by atoms with van der Waals surface area (Å²) in [5.41, 5.74) is 1.64. The van der Waals surface area contributed by atoms with E-state index in [1.807, 2.05) is 31.4 Å². The van der Waals surface area contributed by atoms with E-state index < -0.39 is 0 Å². The lowest BCUT2D eigenvalue weighted by atomic mass is 10.2. The van der Waals surface area contributed by atoms with E-state index >= 15 is 0 Å². The van der Waals surface area contributed by atoms with Gasteiger partial charge in [0.1, 0.15) is 5.75 Å². The summed E-state index contributed by atoms with van der Waals surface area (Å²) in [4.78, 5) is 16.4. The quantitative estimate of drug-likeness (QED) is 0.890. The number of aryl methyl sites for hydroxylation is 1. The largest absolute Gasteiger partial charge is 0.494 e. The first-order valence-corrected chi connectivity index (χ1v) is 7.49. The predicted molar refractivity (Wildman–Crippen MR) is 80.5 cm³/mol. The lowest BCUT2D eigenvalue weighted by Gasteiger charge is -2.07. The Labute approximate surface area is 122 Å². The molecule has 0 aliphatic heterocycles. The van der Waals surface area contributed by atoms with E-state index in [0.717, 1.165) is 22.9 Å². The molecule has 0 atom stereocenters. The zero-order chi connectivity index (χ0) is 14.4. The molecular formula is C15H18N2O2S. The summed E-state index contributed by atoms with van der Waals surface area (Å²) in [6, 6.07) is 7.21. The Balaban J connectivity index is 1.86. The highest BCUT2D eigenvalue weighted by molar-refractivity contribution is 7.09. The molecule has 0 aliphatic carbocycles. The van der Waals surface area contributed by atoms with Crippen molar-refractivity contribution in [2.24, 2.45) is 0 Å². The third kappa shape index (κ3) is 4.06. The summed E-state index contributed by atoms with van der Waals surface area (Å²) >= 11 is 1.63. The second-order valence-electron chi connectivity index (χ2n) is 4.32. The van der Waals surface area contributed by atoms with Gasteiger partial charge < -0.3 is 10.1 Å². The number of benzene rings is 1. The summed E-state index contributed by atoms with van der Waals surface area (Å²) in [6.45, 7) is 5.07. The maximum Gasteiger partial charge on any atom is 0.251 e. The van der Waals surface area contributed by atoms with Gasteiger partial charge in [0, 0.05) is 23.9 Å². The number of nitrogens with one attached hydrogen (secondary N) is 1. The Kier molecular flexibility index (Phi) is 5.12. The van der Waals surface area contributed by atoms with Crippen LogP contribution in [0.3, 0.4) is 0 Å². The number of carbonyl (C=O) groups is 1. The number of ether oxygens (including phenoxy) is 1. The van der Waals surface area contributed by atoms with Crippen LogP contribution in [0.4, 0.5) is 0 Å². The number of thiazole rings is 1. The number of carbonyl (C=O) groups excluding carboxylic acids is 1. The van der Waals surface area contributed by atoms with Crippen LogP contribution in [0.15, 0.2) is 29.6 Å². The van der Waals surface area contributed by atoms with Crippen LogP contribution < -0.4 is 10.1 Å². The molecule has 2 aromatic rings. The summed E-state index contributed by atoms with van der Waals surface area (Å²) in [5, 5.41) is 5.97. The smallest absolute Gasteiger partial charge is 0.251 e. The molecule has 4 nitrogen and oxygen atoms in total. The van der Waals surface area contributed by atoms with E-state index in [9.17, 15) is 4.79 Å². The molecule has 1 aromatic carbocycles. The van der Waals surface area contributed by atoms with Gasteiger partial charge in [-0.3, -0.25) is 4.79 Å². The molecule has 20 heavy (non-hydrogen) atoms. The predicted octanol–water partition coefficient (Wildman–Crippen LogP) is 2.82. The van der Waals surface area contributed by atoms with Crippen molar-refractivity contribution in [3.05, 3.63) is 45.9 Å². The van der Waals surface area contributed by atoms with E-state index in [4.69, 9.17) is 4.74 Å². The highest BCUT2D eigenvalue weighted by Gasteiger charge is 2.06. The fourth-order valence-corrected chi connectivity index (χ4v) is 2.47. The summed E-state index contributed by atoms with van der Waals surface area (Å²) < 4.78 is 5.38. The highest BCUT2D eigenvalue weighted by atomic mass is 32.1. The van der Waals surface area contributed by atoms with Crippen molar-refractivity contribution < 1.29 is 9.53 Å². The standard InChI is InChI=1S/C15H18N2O2S/c1-3-19-14-6-4-5-12(9-14)15(18)16-8-7-13-10-20-11(2)17-13/h4-6,9-10H,3,7-8H2,1-2H3,(H,16,18). The van der Waals surface area contributed by atoms with Gasteiger partial charge in [0.05, 0.1) is 17.3 Å². The SMILES string of the molecule is CCOc1cccc(C(=O)NCCc2csc(C)n2)c1. The van der Waals surface area contributed by atoms with Crippen molar-refractivity contribution in [2.45, 2.75) is 20.3 Å². The molecule has 0 saturated carbocycles. The van der Waals surface area contributed by atoms with Crippen LogP contribution in [0.1, 0.15) is 28.0 Å². The van der Waals surface area contributed by atoms with Gasteiger partial charge >= 0.3 is 0 Å². The number of hydrogen-bond acceptors (Lipinski definition) is 4. The molecule has 0 saturated heterocycles. The molecule has 1 heterocycles. The van der Waals surface area contributed by atoms with Crippen molar-refractivity contribution in [3.8, 4) is 5.75 Å². The van der Waals surface area contributed by atoms with Gasteiger partial charge in [-0.2, -0.15) is 0 Å². The maximum atomic E-state index is 12.0. The van der Waals surface area contributed by atoms with Crippen molar-refractivity contribution >= 4 is 17.2 Å². The number of nitrogens with zero attached hydrogens (tertiary/aromatic N) is 1. The van der Waals surface area contributed by atoms with Gasteiger partial charge in [0.15, 0.2) is 0 Å². The normalized spacial score (nSPS) is 10.3. The first kappa shape index (κ1) is 14.5. The fourth-order valence-electron chi connectivity index (χ4n) is 1.82. The van der Waals surface area contributed by atoms with Crippen LogP contribution in [0.5, 0.6) is 5.75 Å². The molecule has 2 rings (SSSR count). The van der Waals surface area contributed by atoms with Gasteiger partial charge in [-0.05, 0) is 32.0 Å². The minimum atomic E-state index is -0.0847. The Bertz CT molecular complexity index is 581.